The number of nitrogens with zero attached hydrogens (tertiary/aromatic N) is 3. The number of fused-ring (bicyclic) bond motifs is 1. The molecule has 6 nitrogen and oxygen atoms in total. The highest BCUT2D eigenvalue weighted by Gasteiger charge is 2.30. The van der Waals surface area contributed by atoms with Gasteiger partial charge in [0.1, 0.15) is 0 Å². The molecule has 3 aromatic rings. The number of benzene rings is 2. The average Bonchev–Trinajstić information content (AvgIpc) is 3.37. The molecule has 2 aliphatic heterocycles. The number of hydrogen-bond donors (Lipinski definition) is 1. The fourth-order valence-corrected chi connectivity index (χ4v) is 4.89. The summed E-state index contributed by atoms with van der Waals surface area (Å²) in [4.78, 5) is 35.6. The highest BCUT2D eigenvalue weighted by molar-refractivity contribution is 6.01. The summed E-state index contributed by atoms with van der Waals surface area (Å²) in [5.74, 6) is -0.240. The molecule has 0 aliphatic carbocycles. The lowest BCUT2D eigenvalue weighted by atomic mass is 9.97. The van der Waals surface area contributed by atoms with E-state index in [0.717, 1.165) is 40.9 Å². The standard InChI is InChI=1S/C30H32N4O2/c1-20-6-9-23(10-7-20)25-15-26(29(35)32-22(3)24-11-8-21(2)31-18-24)17-27(16-25)30(36)34-14-13-33-12-4-5-28(33)19-34/h4,6-12,15-18,22,28H,5,13-14,19H2,1-3H3,(H,32,35)/t22?,28-/m1/s1. The number of rotatable bonds is 5. The molecule has 2 aliphatic rings. The van der Waals surface area contributed by atoms with Gasteiger partial charge in [0.15, 0.2) is 0 Å². The van der Waals surface area contributed by atoms with Crippen molar-refractivity contribution in [2.75, 3.05) is 19.6 Å². The summed E-state index contributed by atoms with van der Waals surface area (Å²) in [5, 5.41) is 3.08. The maximum absolute atomic E-state index is 13.6. The lowest BCUT2D eigenvalue weighted by Crippen LogP contribution is -2.51. The Morgan fingerprint density at radius 2 is 1.75 bits per heavy atom. The first-order chi connectivity index (χ1) is 17.4. The Hall–Kier alpha value is -3.93. The molecular weight excluding hydrogens is 448 g/mol. The third kappa shape index (κ3) is 5.03. The molecule has 1 fully saturated rings. The van der Waals surface area contributed by atoms with E-state index in [4.69, 9.17) is 0 Å². The first-order valence-corrected chi connectivity index (χ1v) is 12.5. The number of piperazine rings is 1. The van der Waals surface area contributed by atoms with Crippen LogP contribution >= 0.6 is 0 Å². The van der Waals surface area contributed by atoms with Crippen molar-refractivity contribution in [1.82, 2.24) is 20.1 Å². The smallest absolute Gasteiger partial charge is 0.254 e. The molecule has 1 saturated heterocycles. The molecule has 5 rings (SSSR count). The summed E-state index contributed by atoms with van der Waals surface area (Å²) in [5.41, 5.74) is 5.88. The van der Waals surface area contributed by atoms with Gasteiger partial charge in [0.05, 0.1) is 6.04 Å². The largest absolute Gasteiger partial charge is 0.371 e. The molecule has 2 aromatic carbocycles. The maximum Gasteiger partial charge on any atom is 0.254 e. The van der Waals surface area contributed by atoms with Crippen LogP contribution < -0.4 is 5.32 Å². The van der Waals surface area contributed by atoms with Crippen molar-refractivity contribution in [3.05, 3.63) is 101 Å². The average molecular weight is 481 g/mol. The summed E-state index contributed by atoms with van der Waals surface area (Å²) in [6.07, 6.45) is 7.06. The molecule has 2 amide bonds. The number of pyridine rings is 1. The molecular formula is C30H32N4O2. The summed E-state index contributed by atoms with van der Waals surface area (Å²) in [7, 11) is 0. The van der Waals surface area contributed by atoms with Crippen LogP contribution in [0.5, 0.6) is 0 Å². The van der Waals surface area contributed by atoms with Crippen molar-refractivity contribution in [2.24, 2.45) is 0 Å². The van der Waals surface area contributed by atoms with Crippen molar-refractivity contribution < 1.29 is 9.59 Å². The Labute approximate surface area is 212 Å². The molecule has 3 heterocycles. The number of carbonyl (C=O) groups excluding carboxylic acids is 2. The zero-order valence-electron chi connectivity index (χ0n) is 21.1. The van der Waals surface area contributed by atoms with Gasteiger partial charge in [0, 0.05) is 48.7 Å². The molecule has 1 unspecified atom stereocenters. The summed E-state index contributed by atoms with van der Waals surface area (Å²) >= 11 is 0. The Balaban J connectivity index is 1.44. The predicted octanol–water partition coefficient (Wildman–Crippen LogP) is 4.90. The van der Waals surface area contributed by atoms with E-state index < -0.39 is 0 Å². The lowest BCUT2D eigenvalue weighted by molar-refractivity contribution is 0.0608. The van der Waals surface area contributed by atoms with Crippen LogP contribution in [0.15, 0.2) is 73.1 Å². The number of hydrogen-bond acceptors (Lipinski definition) is 4. The first kappa shape index (κ1) is 23.8. The molecule has 0 spiro atoms. The summed E-state index contributed by atoms with van der Waals surface area (Å²) < 4.78 is 0. The second kappa shape index (κ2) is 9.97. The highest BCUT2D eigenvalue weighted by atomic mass is 16.2. The Morgan fingerprint density at radius 1 is 0.972 bits per heavy atom. The van der Waals surface area contributed by atoms with Crippen LogP contribution in [0.4, 0.5) is 0 Å². The normalized spacial score (nSPS) is 17.6. The van der Waals surface area contributed by atoms with Gasteiger partial charge < -0.3 is 15.1 Å². The van der Waals surface area contributed by atoms with Crippen LogP contribution in [0.25, 0.3) is 11.1 Å². The second-order valence-corrected chi connectivity index (χ2v) is 9.86. The predicted molar refractivity (Wildman–Crippen MR) is 142 cm³/mol. The van der Waals surface area contributed by atoms with Gasteiger partial charge in [-0.05, 0) is 74.3 Å². The first-order valence-electron chi connectivity index (χ1n) is 12.5. The fourth-order valence-electron chi connectivity index (χ4n) is 4.89. The van der Waals surface area contributed by atoms with Gasteiger partial charge in [-0.3, -0.25) is 14.6 Å². The zero-order valence-corrected chi connectivity index (χ0v) is 21.1. The van der Waals surface area contributed by atoms with E-state index in [1.807, 2.05) is 74.2 Å². The van der Waals surface area contributed by atoms with Crippen molar-refractivity contribution in [1.29, 1.82) is 0 Å². The SMILES string of the molecule is Cc1ccc(-c2cc(C(=O)NC(C)c3ccc(C)nc3)cc(C(=O)N3CCN4C=CC[C@@H]4C3)c2)cc1. The van der Waals surface area contributed by atoms with Crippen molar-refractivity contribution in [2.45, 2.75) is 39.3 Å². The second-order valence-electron chi connectivity index (χ2n) is 9.86. The Kier molecular flexibility index (Phi) is 6.59. The van der Waals surface area contributed by atoms with Crippen molar-refractivity contribution >= 4 is 11.8 Å². The molecule has 0 saturated carbocycles. The van der Waals surface area contributed by atoms with E-state index in [1.54, 1.807) is 12.3 Å². The van der Waals surface area contributed by atoms with Gasteiger partial charge >= 0.3 is 0 Å². The van der Waals surface area contributed by atoms with Crippen LogP contribution in [-0.2, 0) is 0 Å². The molecule has 6 heteroatoms. The van der Waals surface area contributed by atoms with E-state index >= 15 is 0 Å². The molecule has 36 heavy (non-hydrogen) atoms. The van der Waals surface area contributed by atoms with Gasteiger partial charge in [0.25, 0.3) is 11.8 Å². The molecule has 1 aromatic heterocycles. The third-order valence-corrected chi connectivity index (χ3v) is 7.13. The van der Waals surface area contributed by atoms with Crippen LogP contribution in [0, 0.1) is 13.8 Å². The maximum atomic E-state index is 13.6. The number of carbonyl (C=O) groups is 2. The number of nitrogens with one attached hydrogen (secondary N) is 1. The molecule has 184 valence electrons. The topological polar surface area (TPSA) is 65.5 Å². The van der Waals surface area contributed by atoms with Crippen molar-refractivity contribution in [3.8, 4) is 11.1 Å². The molecule has 0 bridgehead atoms. The summed E-state index contributed by atoms with van der Waals surface area (Å²) in [6.45, 7) is 8.12. The van der Waals surface area contributed by atoms with E-state index in [-0.39, 0.29) is 17.9 Å². The molecule has 0 radical (unpaired) electrons. The van der Waals surface area contributed by atoms with Gasteiger partial charge in [-0.1, -0.05) is 42.0 Å². The van der Waals surface area contributed by atoms with Gasteiger partial charge in [-0.15, -0.1) is 0 Å². The highest BCUT2D eigenvalue weighted by Crippen LogP contribution is 2.26. The van der Waals surface area contributed by atoms with Crippen LogP contribution in [0.1, 0.15) is 56.9 Å². The number of aromatic nitrogens is 1. The van der Waals surface area contributed by atoms with Gasteiger partial charge in [-0.2, -0.15) is 0 Å². The Bertz CT molecular complexity index is 1300. The lowest BCUT2D eigenvalue weighted by Gasteiger charge is -2.38. The molecule has 2 atom stereocenters. The number of aryl methyl sites for hydroxylation is 2. The monoisotopic (exact) mass is 480 g/mol. The van der Waals surface area contributed by atoms with Gasteiger partial charge in [-0.25, -0.2) is 0 Å². The Morgan fingerprint density at radius 3 is 2.50 bits per heavy atom. The van der Waals surface area contributed by atoms with Crippen molar-refractivity contribution in [3.63, 3.8) is 0 Å². The zero-order chi connectivity index (χ0) is 25.2. The fraction of sp³-hybridized carbons (Fsp3) is 0.300. The minimum atomic E-state index is -0.212. The third-order valence-electron chi connectivity index (χ3n) is 7.13. The van der Waals surface area contributed by atoms with Crippen LogP contribution in [-0.4, -0.2) is 52.3 Å². The van der Waals surface area contributed by atoms with Gasteiger partial charge in [0.2, 0.25) is 0 Å². The minimum absolute atomic E-state index is 0.0275. The minimum Gasteiger partial charge on any atom is -0.371 e. The van der Waals surface area contributed by atoms with Crippen LogP contribution in [0.3, 0.4) is 0 Å². The quantitative estimate of drug-likeness (QED) is 0.564. The number of amides is 2. The van der Waals surface area contributed by atoms with E-state index in [1.165, 1.54) is 0 Å². The van der Waals surface area contributed by atoms with E-state index in [2.05, 4.69) is 27.5 Å². The van der Waals surface area contributed by atoms with E-state index in [0.29, 0.717) is 30.3 Å². The van der Waals surface area contributed by atoms with Crippen LogP contribution in [0.2, 0.25) is 0 Å². The van der Waals surface area contributed by atoms with E-state index in [9.17, 15) is 9.59 Å². The molecule has 1 N–H and O–H groups in total. The summed E-state index contributed by atoms with van der Waals surface area (Å²) in [6, 6.07) is 17.7.